The van der Waals surface area contributed by atoms with E-state index in [1.54, 1.807) is 12.4 Å². The minimum atomic E-state index is -0.256. The van der Waals surface area contributed by atoms with Crippen LogP contribution in [0.5, 0.6) is 0 Å². The number of methoxy groups -OCH3 is 1. The lowest BCUT2D eigenvalue weighted by Gasteiger charge is -2.23. The van der Waals surface area contributed by atoms with Gasteiger partial charge in [-0.1, -0.05) is 31.5 Å². The Labute approximate surface area is 123 Å². The van der Waals surface area contributed by atoms with Gasteiger partial charge in [0.05, 0.1) is 25.3 Å². The van der Waals surface area contributed by atoms with Crippen LogP contribution in [-0.2, 0) is 9.53 Å². The molecule has 1 aromatic heterocycles. The Hall–Kier alpha value is -1.30. The second-order valence-corrected chi connectivity index (χ2v) is 6.47. The van der Waals surface area contributed by atoms with Gasteiger partial charge in [-0.25, -0.2) is 4.98 Å². The summed E-state index contributed by atoms with van der Waals surface area (Å²) in [5.41, 5.74) is 0.372. The summed E-state index contributed by atoms with van der Waals surface area (Å²) in [5, 5.41) is 4.10. The predicted octanol–water partition coefficient (Wildman–Crippen LogP) is 2.73. The highest BCUT2D eigenvalue weighted by Crippen LogP contribution is 2.37. The fraction of sp³-hybridized carbons (Fsp3) is 0.643. The first-order valence-electron chi connectivity index (χ1n) is 6.87. The minimum absolute atomic E-state index is 0.256. The summed E-state index contributed by atoms with van der Waals surface area (Å²) in [5.74, 6) is 0.772. The van der Waals surface area contributed by atoms with Crippen LogP contribution in [-0.4, -0.2) is 35.3 Å². The molecule has 0 bridgehead atoms. The molecule has 20 heavy (non-hydrogen) atoms. The molecule has 1 saturated carbocycles. The van der Waals surface area contributed by atoms with Crippen molar-refractivity contribution in [3.63, 3.8) is 0 Å². The number of aromatic nitrogens is 2. The molecule has 0 aliphatic heterocycles. The van der Waals surface area contributed by atoms with E-state index in [2.05, 4.69) is 26.9 Å². The molecule has 0 amide bonds. The zero-order valence-electron chi connectivity index (χ0n) is 12.0. The molecule has 1 aromatic rings. The maximum absolute atomic E-state index is 11.1. The SMILES string of the molecule is COC(=O)CSc1cncc(NCC2(C)CCCC2)n1. The summed E-state index contributed by atoms with van der Waals surface area (Å²) >= 11 is 1.34. The number of esters is 1. The Kier molecular flexibility index (Phi) is 5.23. The first-order chi connectivity index (χ1) is 9.61. The molecule has 1 N–H and O–H groups in total. The van der Waals surface area contributed by atoms with Gasteiger partial charge in [-0.15, -0.1) is 0 Å². The van der Waals surface area contributed by atoms with Crippen LogP contribution in [0.1, 0.15) is 32.6 Å². The lowest BCUT2D eigenvalue weighted by Crippen LogP contribution is -2.23. The average Bonchev–Trinajstić information content (AvgIpc) is 2.90. The monoisotopic (exact) mass is 295 g/mol. The Balaban J connectivity index is 1.87. The van der Waals surface area contributed by atoms with Crippen LogP contribution in [0.15, 0.2) is 17.4 Å². The van der Waals surface area contributed by atoms with Crippen molar-refractivity contribution in [2.75, 3.05) is 24.7 Å². The summed E-state index contributed by atoms with van der Waals surface area (Å²) in [6, 6.07) is 0. The number of carbonyl (C=O) groups excluding carboxylic acids is 1. The first-order valence-corrected chi connectivity index (χ1v) is 7.85. The number of anilines is 1. The number of hydrogen-bond donors (Lipinski definition) is 1. The number of hydrogen-bond acceptors (Lipinski definition) is 6. The molecule has 0 atom stereocenters. The van der Waals surface area contributed by atoms with E-state index < -0.39 is 0 Å². The molecular formula is C14H21N3O2S. The third-order valence-corrected chi connectivity index (χ3v) is 4.56. The second kappa shape index (κ2) is 6.92. The van der Waals surface area contributed by atoms with E-state index in [1.807, 2.05) is 0 Å². The molecule has 0 saturated heterocycles. The summed E-state index contributed by atoms with van der Waals surface area (Å²) < 4.78 is 4.61. The number of ether oxygens (including phenoxy) is 1. The van der Waals surface area contributed by atoms with Gasteiger partial charge >= 0.3 is 5.97 Å². The molecule has 5 nitrogen and oxygen atoms in total. The molecule has 6 heteroatoms. The standard InChI is InChI=1S/C14H21N3O2S/c1-14(5-3-4-6-14)10-16-11-7-15-8-12(17-11)20-9-13(18)19-2/h7-8H,3-6,9-10H2,1-2H3,(H,16,17). The van der Waals surface area contributed by atoms with Crippen LogP contribution in [0, 0.1) is 5.41 Å². The van der Waals surface area contributed by atoms with Crippen molar-refractivity contribution >= 4 is 23.5 Å². The van der Waals surface area contributed by atoms with Crippen molar-refractivity contribution in [1.29, 1.82) is 0 Å². The smallest absolute Gasteiger partial charge is 0.316 e. The quantitative estimate of drug-likeness (QED) is 0.643. The lowest BCUT2D eigenvalue weighted by molar-refractivity contribution is -0.137. The van der Waals surface area contributed by atoms with Gasteiger partial charge in [-0.05, 0) is 18.3 Å². The zero-order valence-corrected chi connectivity index (χ0v) is 12.8. The van der Waals surface area contributed by atoms with Gasteiger partial charge in [-0.2, -0.15) is 0 Å². The molecule has 1 aliphatic carbocycles. The van der Waals surface area contributed by atoms with E-state index in [-0.39, 0.29) is 11.7 Å². The van der Waals surface area contributed by atoms with Gasteiger partial charge in [0.2, 0.25) is 0 Å². The topological polar surface area (TPSA) is 64.1 Å². The summed E-state index contributed by atoms with van der Waals surface area (Å²) in [4.78, 5) is 19.7. The van der Waals surface area contributed by atoms with Gasteiger partial charge in [0.1, 0.15) is 10.8 Å². The third kappa shape index (κ3) is 4.37. The van der Waals surface area contributed by atoms with E-state index in [0.717, 1.165) is 17.4 Å². The van der Waals surface area contributed by atoms with Crippen molar-refractivity contribution in [3.05, 3.63) is 12.4 Å². The van der Waals surface area contributed by atoms with Crippen LogP contribution in [0.25, 0.3) is 0 Å². The van der Waals surface area contributed by atoms with Crippen LogP contribution in [0.2, 0.25) is 0 Å². The van der Waals surface area contributed by atoms with Crippen molar-refractivity contribution < 1.29 is 9.53 Å². The molecule has 0 radical (unpaired) electrons. The zero-order chi connectivity index (χ0) is 14.4. The van der Waals surface area contributed by atoms with E-state index in [4.69, 9.17) is 0 Å². The summed E-state index contributed by atoms with van der Waals surface area (Å²) in [6.45, 7) is 3.24. The summed E-state index contributed by atoms with van der Waals surface area (Å²) in [6.07, 6.45) is 8.56. The highest BCUT2D eigenvalue weighted by atomic mass is 32.2. The largest absolute Gasteiger partial charge is 0.468 e. The summed E-state index contributed by atoms with van der Waals surface area (Å²) in [7, 11) is 1.38. The number of carbonyl (C=O) groups is 1. The van der Waals surface area contributed by atoms with Crippen molar-refractivity contribution in [1.82, 2.24) is 9.97 Å². The molecule has 1 heterocycles. The highest BCUT2D eigenvalue weighted by Gasteiger charge is 2.28. The number of nitrogens with zero attached hydrogens (tertiary/aromatic N) is 2. The normalized spacial score (nSPS) is 16.9. The number of rotatable bonds is 6. The average molecular weight is 295 g/mol. The Morgan fingerprint density at radius 1 is 1.45 bits per heavy atom. The molecule has 0 spiro atoms. The fourth-order valence-electron chi connectivity index (χ4n) is 2.40. The van der Waals surface area contributed by atoms with Crippen LogP contribution < -0.4 is 5.32 Å². The molecular weight excluding hydrogens is 274 g/mol. The number of nitrogens with one attached hydrogen (secondary N) is 1. The maximum atomic E-state index is 11.1. The third-order valence-electron chi connectivity index (χ3n) is 3.68. The molecule has 1 fully saturated rings. The molecule has 0 unspecified atom stereocenters. The van der Waals surface area contributed by atoms with Crippen LogP contribution >= 0.6 is 11.8 Å². The van der Waals surface area contributed by atoms with E-state index in [0.29, 0.717) is 5.41 Å². The maximum Gasteiger partial charge on any atom is 0.316 e. The lowest BCUT2D eigenvalue weighted by atomic mass is 9.89. The van der Waals surface area contributed by atoms with Crippen LogP contribution in [0.3, 0.4) is 0 Å². The van der Waals surface area contributed by atoms with Crippen LogP contribution in [0.4, 0.5) is 5.82 Å². The Bertz CT molecular complexity index is 461. The molecule has 0 aromatic carbocycles. The number of thioether (sulfide) groups is 1. The van der Waals surface area contributed by atoms with Crippen molar-refractivity contribution in [3.8, 4) is 0 Å². The van der Waals surface area contributed by atoms with Gasteiger partial charge in [0, 0.05) is 6.54 Å². The molecule has 2 rings (SSSR count). The predicted molar refractivity (Wildman–Crippen MR) is 79.8 cm³/mol. The van der Waals surface area contributed by atoms with Crippen molar-refractivity contribution in [2.24, 2.45) is 5.41 Å². The van der Waals surface area contributed by atoms with E-state index in [9.17, 15) is 4.79 Å². The highest BCUT2D eigenvalue weighted by molar-refractivity contribution is 7.99. The molecule has 1 aliphatic rings. The fourth-order valence-corrected chi connectivity index (χ4v) is 3.09. The van der Waals surface area contributed by atoms with E-state index >= 15 is 0 Å². The Morgan fingerprint density at radius 3 is 2.90 bits per heavy atom. The second-order valence-electron chi connectivity index (χ2n) is 5.48. The minimum Gasteiger partial charge on any atom is -0.468 e. The van der Waals surface area contributed by atoms with Gasteiger partial charge < -0.3 is 10.1 Å². The molecule has 110 valence electrons. The van der Waals surface area contributed by atoms with Crippen molar-refractivity contribution in [2.45, 2.75) is 37.6 Å². The van der Waals surface area contributed by atoms with Gasteiger partial charge in [-0.3, -0.25) is 9.78 Å². The Morgan fingerprint density at radius 2 is 2.20 bits per heavy atom. The first kappa shape index (κ1) is 15.1. The van der Waals surface area contributed by atoms with Gasteiger partial charge in [0.15, 0.2) is 0 Å². The van der Waals surface area contributed by atoms with E-state index in [1.165, 1.54) is 44.6 Å². The van der Waals surface area contributed by atoms with Gasteiger partial charge in [0.25, 0.3) is 0 Å².